The van der Waals surface area contributed by atoms with E-state index in [2.05, 4.69) is 33.1 Å². The number of nitrogens with one attached hydrogen (secondary N) is 1. The van der Waals surface area contributed by atoms with Gasteiger partial charge in [-0.2, -0.15) is 5.43 Å². The van der Waals surface area contributed by atoms with Gasteiger partial charge in [0.25, 0.3) is 0 Å². The van der Waals surface area contributed by atoms with Gasteiger partial charge in [-0.15, -0.1) is 0 Å². The quantitative estimate of drug-likeness (QED) is 0.498. The highest BCUT2D eigenvalue weighted by Crippen LogP contribution is 2.43. The van der Waals surface area contributed by atoms with Crippen molar-refractivity contribution < 1.29 is 4.59 Å². The first-order chi connectivity index (χ1) is 10.6. The molecule has 0 spiro atoms. The third-order valence-electron chi connectivity index (χ3n) is 7.20. The molecule has 0 radical (unpaired) electrons. The van der Waals surface area contributed by atoms with E-state index in [9.17, 15) is 0 Å². The fraction of sp³-hybridized carbons (Fsp3) is 1.00. The molecule has 0 unspecified atom stereocenters. The van der Waals surface area contributed by atoms with Crippen molar-refractivity contribution in [2.24, 2.45) is 11.8 Å². The molecule has 0 aromatic rings. The summed E-state index contributed by atoms with van der Waals surface area (Å²) in [6, 6.07) is 0. The molecule has 130 valence electrons. The molecule has 2 saturated carbocycles. The maximum Gasteiger partial charge on any atom is 0.0933 e. The van der Waals surface area contributed by atoms with Crippen LogP contribution >= 0.6 is 0 Å². The highest BCUT2D eigenvalue weighted by molar-refractivity contribution is 4.96. The lowest BCUT2D eigenvalue weighted by Crippen LogP contribution is -2.70. The molecule has 0 saturated heterocycles. The van der Waals surface area contributed by atoms with Crippen LogP contribution in [0, 0.1) is 11.8 Å². The SMILES string of the molecule is CC[N+](CC)(CC)NC(C)(C1CCCCC1)C1CCCCC1. The van der Waals surface area contributed by atoms with Crippen LogP contribution in [0.1, 0.15) is 91.9 Å². The van der Waals surface area contributed by atoms with Crippen LogP contribution in [0.15, 0.2) is 0 Å². The van der Waals surface area contributed by atoms with Gasteiger partial charge in [-0.05, 0) is 65.2 Å². The van der Waals surface area contributed by atoms with Crippen molar-refractivity contribution in [3.8, 4) is 0 Å². The molecular formula is C20H41N2+. The summed E-state index contributed by atoms with van der Waals surface area (Å²) in [6.07, 6.45) is 14.6. The Kier molecular flexibility index (Phi) is 6.76. The Morgan fingerprint density at radius 3 is 1.41 bits per heavy atom. The predicted octanol–water partition coefficient (Wildman–Crippen LogP) is 5.29. The first-order valence-electron chi connectivity index (χ1n) is 10.3. The second-order valence-corrected chi connectivity index (χ2v) is 8.16. The van der Waals surface area contributed by atoms with Crippen LogP contribution in [-0.4, -0.2) is 29.8 Å². The summed E-state index contributed by atoms with van der Waals surface area (Å²) in [5.41, 5.74) is 4.62. The summed E-state index contributed by atoms with van der Waals surface area (Å²) >= 11 is 0. The smallest absolute Gasteiger partial charge is 0.0933 e. The van der Waals surface area contributed by atoms with Gasteiger partial charge in [0.1, 0.15) is 0 Å². The van der Waals surface area contributed by atoms with Gasteiger partial charge in [0.05, 0.1) is 25.2 Å². The van der Waals surface area contributed by atoms with Crippen LogP contribution in [0.2, 0.25) is 0 Å². The molecule has 2 rings (SSSR count). The van der Waals surface area contributed by atoms with Gasteiger partial charge in [-0.1, -0.05) is 38.5 Å². The fourth-order valence-corrected chi connectivity index (χ4v) is 5.34. The first-order valence-corrected chi connectivity index (χ1v) is 10.3. The predicted molar refractivity (Wildman–Crippen MR) is 96.6 cm³/mol. The number of quaternary nitrogens is 1. The van der Waals surface area contributed by atoms with E-state index in [0.717, 1.165) is 16.4 Å². The molecule has 22 heavy (non-hydrogen) atoms. The number of nitrogens with zero attached hydrogens (tertiary/aromatic N) is 1. The summed E-state index contributed by atoms with van der Waals surface area (Å²) in [5.74, 6) is 1.79. The van der Waals surface area contributed by atoms with E-state index in [4.69, 9.17) is 0 Å². The second kappa shape index (κ2) is 8.15. The lowest BCUT2D eigenvalue weighted by Gasteiger charge is -2.52. The maximum atomic E-state index is 4.27. The van der Waals surface area contributed by atoms with Crippen molar-refractivity contribution in [1.82, 2.24) is 5.43 Å². The Labute approximate surface area is 139 Å². The van der Waals surface area contributed by atoms with Crippen molar-refractivity contribution in [1.29, 1.82) is 0 Å². The summed E-state index contributed by atoms with van der Waals surface area (Å²) in [6.45, 7) is 13.3. The molecule has 2 heteroatoms. The van der Waals surface area contributed by atoms with Gasteiger partial charge < -0.3 is 0 Å². The first kappa shape index (κ1) is 18.3. The molecule has 2 aliphatic rings. The molecule has 2 fully saturated rings. The van der Waals surface area contributed by atoms with E-state index < -0.39 is 0 Å². The Balaban J connectivity index is 2.22. The van der Waals surface area contributed by atoms with Crippen molar-refractivity contribution in [3.63, 3.8) is 0 Å². The summed E-state index contributed by atoms with van der Waals surface area (Å²) in [7, 11) is 0. The summed E-state index contributed by atoms with van der Waals surface area (Å²) in [4.78, 5) is 0. The van der Waals surface area contributed by atoms with E-state index in [-0.39, 0.29) is 0 Å². The number of rotatable bonds is 7. The third kappa shape index (κ3) is 3.87. The fourth-order valence-electron chi connectivity index (χ4n) is 5.34. The summed E-state index contributed by atoms with van der Waals surface area (Å²) < 4.78 is 1.10. The molecule has 0 atom stereocenters. The van der Waals surface area contributed by atoms with Crippen LogP contribution < -0.4 is 5.43 Å². The van der Waals surface area contributed by atoms with Crippen LogP contribution in [0.4, 0.5) is 0 Å². The molecule has 0 aromatic carbocycles. The molecule has 0 bridgehead atoms. The highest BCUT2D eigenvalue weighted by atomic mass is 15.7. The summed E-state index contributed by atoms with van der Waals surface area (Å²) in [5, 5.41) is 0. The van der Waals surface area contributed by atoms with Crippen molar-refractivity contribution >= 4 is 0 Å². The van der Waals surface area contributed by atoms with Crippen LogP contribution in [0.3, 0.4) is 0 Å². The molecule has 0 aliphatic heterocycles. The molecule has 0 aromatic heterocycles. The molecule has 0 heterocycles. The van der Waals surface area contributed by atoms with E-state index in [1.807, 2.05) is 0 Å². The van der Waals surface area contributed by atoms with E-state index in [1.54, 1.807) is 0 Å². The lowest BCUT2D eigenvalue weighted by atomic mass is 9.65. The van der Waals surface area contributed by atoms with E-state index >= 15 is 0 Å². The largest absolute Gasteiger partial charge is 0.246 e. The van der Waals surface area contributed by atoms with Crippen molar-refractivity contribution in [2.75, 3.05) is 19.6 Å². The number of hydrogen-bond acceptors (Lipinski definition) is 1. The molecule has 0 amide bonds. The van der Waals surface area contributed by atoms with Crippen LogP contribution in [0.25, 0.3) is 0 Å². The van der Waals surface area contributed by atoms with Gasteiger partial charge in [-0.25, -0.2) is 4.59 Å². The average Bonchev–Trinajstić information content (AvgIpc) is 2.61. The van der Waals surface area contributed by atoms with Gasteiger partial charge in [0, 0.05) is 0 Å². The van der Waals surface area contributed by atoms with E-state index in [0.29, 0.717) is 5.54 Å². The molecule has 2 aliphatic carbocycles. The Morgan fingerprint density at radius 2 is 1.09 bits per heavy atom. The molecule has 1 N–H and O–H groups in total. The monoisotopic (exact) mass is 309 g/mol. The normalized spacial score (nSPS) is 22.9. The zero-order valence-corrected chi connectivity index (χ0v) is 15.8. The van der Waals surface area contributed by atoms with Crippen molar-refractivity contribution in [2.45, 2.75) is 97.4 Å². The zero-order chi connectivity index (χ0) is 16.1. The van der Waals surface area contributed by atoms with Crippen LogP contribution in [0.5, 0.6) is 0 Å². The second-order valence-electron chi connectivity index (χ2n) is 8.16. The van der Waals surface area contributed by atoms with Crippen molar-refractivity contribution in [3.05, 3.63) is 0 Å². The minimum Gasteiger partial charge on any atom is -0.246 e. The Bertz CT molecular complexity index is 283. The molecule has 2 nitrogen and oxygen atoms in total. The third-order valence-corrected chi connectivity index (χ3v) is 7.20. The molecular weight excluding hydrogens is 268 g/mol. The van der Waals surface area contributed by atoms with Crippen LogP contribution in [-0.2, 0) is 0 Å². The van der Waals surface area contributed by atoms with Gasteiger partial charge in [0.2, 0.25) is 0 Å². The standard InChI is InChI=1S/C20H41N2/c1-5-22(6-2,7-3)21-20(4,18-14-10-8-11-15-18)19-16-12-9-13-17-19/h18-19,21H,5-17H2,1-4H3/q+1. The Hall–Kier alpha value is -0.0800. The maximum absolute atomic E-state index is 4.27. The zero-order valence-electron chi connectivity index (χ0n) is 15.8. The van der Waals surface area contributed by atoms with E-state index in [1.165, 1.54) is 83.8 Å². The van der Waals surface area contributed by atoms with Gasteiger partial charge in [-0.3, -0.25) is 0 Å². The Morgan fingerprint density at radius 1 is 0.727 bits per heavy atom. The average molecular weight is 310 g/mol. The van der Waals surface area contributed by atoms with Gasteiger partial charge >= 0.3 is 0 Å². The minimum absolute atomic E-state index is 0.350. The lowest BCUT2D eigenvalue weighted by molar-refractivity contribution is -0.972. The minimum atomic E-state index is 0.350. The van der Waals surface area contributed by atoms with Gasteiger partial charge in [0.15, 0.2) is 0 Å². The topological polar surface area (TPSA) is 12.0 Å². The number of hydrogen-bond donors (Lipinski definition) is 1. The highest BCUT2D eigenvalue weighted by Gasteiger charge is 2.46.